The second kappa shape index (κ2) is 4.78. The number of amides is 1. The largest absolute Gasteiger partial charge is 0.444 e. The Morgan fingerprint density at radius 2 is 1.89 bits per heavy atom. The Bertz CT molecular complexity index is 346. The molecule has 1 rings (SSSR count). The fraction of sp³-hybridized carbons (Fsp3) is 0.818. The summed E-state index contributed by atoms with van der Waals surface area (Å²) in [7, 11) is 0. The van der Waals surface area contributed by atoms with Gasteiger partial charge in [0.05, 0.1) is 0 Å². The molecule has 0 aromatic carbocycles. The van der Waals surface area contributed by atoms with Crippen molar-refractivity contribution in [3.8, 4) is 0 Å². The van der Waals surface area contributed by atoms with Crippen LogP contribution in [0, 0.1) is 5.92 Å². The Kier molecular flexibility index (Phi) is 3.92. The molecule has 1 heterocycles. The van der Waals surface area contributed by atoms with Crippen molar-refractivity contribution in [2.75, 3.05) is 13.1 Å². The van der Waals surface area contributed by atoms with Crippen LogP contribution >= 0.6 is 0 Å². The third-order valence-electron chi connectivity index (χ3n) is 2.47. The van der Waals surface area contributed by atoms with Crippen LogP contribution in [0.2, 0.25) is 0 Å². The average Bonchev–Trinajstić information content (AvgIpc) is 2.13. The molecule has 4 nitrogen and oxygen atoms in total. The van der Waals surface area contributed by atoms with Gasteiger partial charge in [-0.05, 0) is 20.8 Å². The Morgan fingerprint density at radius 1 is 1.33 bits per heavy atom. The van der Waals surface area contributed by atoms with Gasteiger partial charge in [0.2, 0.25) is 0 Å². The molecule has 0 radical (unpaired) electrons. The van der Waals surface area contributed by atoms with Crippen LogP contribution in [0.15, 0.2) is 0 Å². The van der Waals surface area contributed by atoms with Gasteiger partial charge >= 0.3 is 12.3 Å². The van der Waals surface area contributed by atoms with Gasteiger partial charge < -0.3 is 9.64 Å². The number of piperidine rings is 1. The number of carbonyl (C=O) groups excluding carboxylic acids is 2. The molecule has 18 heavy (non-hydrogen) atoms. The third kappa shape index (κ3) is 3.89. The standard InChI is InChI=1S/C11H16F3NO3/c1-10(2,3)18-9(17)15-5-4-8(16)7(6-15)11(12,13)14/h7H,4-6H2,1-3H3/t7-/m1/s1. The summed E-state index contributed by atoms with van der Waals surface area (Å²) in [6.45, 7) is 4.20. The number of nitrogens with zero attached hydrogens (tertiary/aromatic N) is 1. The monoisotopic (exact) mass is 267 g/mol. The molecule has 0 unspecified atom stereocenters. The molecule has 0 aliphatic carbocycles. The number of likely N-dealkylation sites (tertiary alicyclic amines) is 1. The summed E-state index contributed by atoms with van der Waals surface area (Å²) in [4.78, 5) is 23.7. The Labute approximate surface area is 103 Å². The van der Waals surface area contributed by atoms with Crippen LogP contribution in [0.3, 0.4) is 0 Å². The molecule has 0 saturated carbocycles. The lowest BCUT2D eigenvalue weighted by atomic mass is 9.96. The smallest absolute Gasteiger partial charge is 0.410 e. The molecule has 1 saturated heterocycles. The van der Waals surface area contributed by atoms with E-state index in [0.717, 1.165) is 4.90 Å². The van der Waals surface area contributed by atoms with E-state index >= 15 is 0 Å². The summed E-state index contributed by atoms with van der Waals surface area (Å²) < 4.78 is 42.7. The first-order valence-electron chi connectivity index (χ1n) is 5.58. The Morgan fingerprint density at radius 3 is 2.33 bits per heavy atom. The second-order valence-electron chi connectivity index (χ2n) is 5.24. The molecule has 1 aliphatic heterocycles. The van der Waals surface area contributed by atoms with Crippen molar-refractivity contribution < 1.29 is 27.5 Å². The van der Waals surface area contributed by atoms with Crippen LogP contribution < -0.4 is 0 Å². The predicted molar refractivity (Wildman–Crippen MR) is 57.0 cm³/mol. The molecule has 1 aliphatic rings. The van der Waals surface area contributed by atoms with Crippen LogP contribution in [-0.2, 0) is 9.53 Å². The molecule has 1 fully saturated rings. The van der Waals surface area contributed by atoms with Crippen LogP contribution in [0.1, 0.15) is 27.2 Å². The van der Waals surface area contributed by atoms with Crippen LogP contribution in [0.25, 0.3) is 0 Å². The minimum Gasteiger partial charge on any atom is -0.444 e. The second-order valence-corrected chi connectivity index (χ2v) is 5.24. The number of Topliss-reactive ketones (excluding diaryl/α,β-unsaturated/α-hetero) is 1. The summed E-state index contributed by atoms with van der Waals surface area (Å²) in [5, 5.41) is 0. The zero-order chi connectivity index (χ0) is 14.1. The van der Waals surface area contributed by atoms with Gasteiger partial charge in [0.15, 0.2) is 0 Å². The fourth-order valence-corrected chi connectivity index (χ4v) is 1.61. The van der Waals surface area contributed by atoms with Crippen molar-refractivity contribution in [1.82, 2.24) is 4.90 Å². The van der Waals surface area contributed by atoms with E-state index in [9.17, 15) is 22.8 Å². The van der Waals surface area contributed by atoms with E-state index < -0.39 is 36.1 Å². The Balaban J connectivity index is 2.71. The SMILES string of the molecule is CC(C)(C)OC(=O)N1CCC(=O)[C@H](C(F)(F)F)C1. The molecular formula is C11H16F3NO3. The first-order valence-corrected chi connectivity index (χ1v) is 5.58. The maximum absolute atomic E-state index is 12.6. The van der Waals surface area contributed by atoms with Gasteiger partial charge in [-0.15, -0.1) is 0 Å². The van der Waals surface area contributed by atoms with Crippen LogP contribution in [0.5, 0.6) is 0 Å². The number of carbonyl (C=O) groups is 2. The number of halogens is 3. The van der Waals surface area contributed by atoms with Crippen molar-refractivity contribution in [3.63, 3.8) is 0 Å². The van der Waals surface area contributed by atoms with E-state index in [-0.39, 0.29) is 13.0 Å². The van der Waals surface area contributed by atoms with Crippen molar-refractivity contribution in [3.05, 3.63) is 0 Å². The molecular weight excluding hydrogens is 251 g/mol. The highest BCUT2D eigenvalue weighted by Gasteiger charge is 2.48. The van der Waals surface area contributed by atoms with Gasteiger partial charge in [-0.25, -0.2) is 4.79 Å². The quantitative estimate of drug-likeness (QED) is 0.677. The van der Waals surface area contributed by atoms with Crippen molar-refractivity contribution >= 4 is 11.9 Å². The molecule has 0 aromatic rings. The van der Waals surface area contributed by atoms with Gasteiger partial charge in [0.1, 0.15) is 17.3 Å². The van der Waals surface area contributed by atoms with E-state index in [1.165, 1.54) is 0 Å². The number of hydrogen-bond donors (Lipinski definition) is 0. The van der Waals surface area contributed by atoms with Gasteiger partial charge in [-0.3, -0.25) is 4.79 Å². The van der Waals surface area contributed by atoms with Crippen LogP contribution in [0.4, 0.5) is 18.0 Å². The van der Waals surface area contributed by atoms with Gasteiger partial charge in [0.25, 0.3) is 0 Å². The topological polar surface area (TPSA) is 46.6 Å². The lowest BCUT2D eigenvalue weighted by molar-refractivity contribution is -0.188. The van der Waals surface area contributed by atoms with E-state index in [1.54, 1.807) is 20.8 Å². The van der Waals surface area contributed by atoms with Crippen LogP contribution in [-0.4, -0.2) is 41.6 Å². The van der Waals surface area contributed by atoms with Crippen molar-refractivity contribution in [1.29, 1.82) is 0 Å². The Hall–Kier alpha value is -1.27. The predicted octanol–water partition coefficient (Wildman–Crippen LogP) is 2.37. The number of alkyl halides is 3. The summed E-state index contributed by atoms with van der Waals surface area (Å²) in [5.41, 5.74) is -0.772. The van der Waals surface area contributed by atoms with Crippen molar-refractivity contribution in [2.24, 2.45) is 5.92 Å². The van der Waals surface area contributed by atoms with E-state index in [0.29, 0.717) is 0 Å². The summed E-state index contributed by atoms with van der Waals surface area (Å²) in [6, 6.07) is 0. The van der Waals surface area contributed by atoms with E-state index in [1.807, 2.05) is 0 Å². The lowest BCUT2D eigenvalue weighted by Gasteiger charge is -2.33. The van der Waals surface area contributed by atoms with E-state index in [4.69, 9.17) is 4.74 Å². The number of hydrogen-bond acceptors (Lipinski definition) is 3. The third-order valence-corrected chi connectivity index (χ3v) is 2.47. The van der Waals surface area contributed by atoms with Gasteiger partial charge in [-0.1, -0.05) is 0 Å². The van der Waals surface area contributed by atoms with Gasteiger partial charge in [0, 0.05) is 19.5 Å². The maximum Gasteiger partial charge on any atom is 0.410 e. The summed E-state index contributed by atoms with van der Waals surface area (Å²) >= 11 is 0. The summed E-state index contributed by atoms with van der Waals surface area (Å²) in [6.07, 6.45) is -5.72. The highest BCUT2D eigenvalue weighted by Crippen LogP contribution is 2.31. The zero-order valence-electron chi connectivity index (χ0n) is 10.5. The van der Waals surface area contributed by atoms with Gasteiger partial charge in [-0.2, -0.15) is 13.2 Å². The zero-order valence-corrected chi connectivity index (χ0v) is 10.5. The van der Waals surface area contributed by atoms with E-state index in [2.05, 4.69) is 0 Å². The molecule has 0 aromatic heterocycles. The minimum atomic E-state index is -4.61. The van der Waals surface area contributed by atoms with Crippen molar-refractivity contribution in [2.45, 2.75) is 39.0 Å². The highest BCUT2D eigenvalue weighted by atomic mass is 19.4. The molecule has 0 spiro atoms. The fourth-order valence-electron chi connectivity index (χ4n) is 1.61. The number of ether oxygens (including phenoxy) is 1. The first-order chi connectivity index (χ1) is 8.00. The molecule has 0 N–H and O–H groups in total. The molecule has 1 amide bonds. The molecule has 0 bridgehead atoms. The molecule has 104 valence electrons. The maximum atomic E-state index is 12.6. The molecule has 7 heteroatoms. The number of rotatable bonds is 0. The average molecular weight is 267 g/mol. The normalized spacial score (nSPS) is 22.0. The lowest BCUT2D eigenvalue weighted by Crippen LogP contribution is -2.50. The minimum absolute atomic E-state index is 0.0275. The summed E-state index contributed by atoms with van der Waals surface area (Å²) in [5.74, 6) is -2.97. The number of ketones is 1. The first kappa shape index (κ1) is 14.8. The molecule has 1 atom stereocenters. The highest BCUT2D eigenvalue weighted by molar-refractivity contribution is 5.84.